The summed E-state index contributed by atoms with van der Waals surface area (Å²) in [7, 11) is 0. The second-order valence-corrected chi connectivity index (χ2v) is 4.65. The highest BCUT2D eigenvalue weighted by Gasteiger charge is 2.19. The Hall–Kier alpha value is -2.27. The van der Waals surface area contributed by atoms with Crippen LogP contribution < -0.4 is 5.73 Å². The minimum atomic E-state index is 0.177. The summed E-state index contributed by atoms with van der Waals surface area (Å²) in [6.45, 7) is 2.55. The Morgan fingerprint density at radius 2 is 2.00 bits per heavy atom. The quantitative estimate of drug-likeness (QED) is 0.787. The lowest BCUT2D eigenvalue weighted by Crippen LogP contribution is -2.16. The molecule has 0 amide bonds. The SMILES string of the molecule is CCC(c1ccncc1)n1c(CN)nc2cccnc21. The van der Waals surface area contributed by atoms with E-state index in [4.69, 9.17) is 5.73 Å². The lowest BCUT2D eigenvalue weighted by atomic mass is 10.1. The zero-order chi connectivity index (χ0) is 13.9. The van der Waals surface area contributed by atoms with Gasteiger partial charge in [-0.15, -0.1) is 0 Å². The molecule has 0 aliphatic carbocycles. The van der Waals surface area contributed by atoms with Crippen LogP contribution in [0.25, 0.3) is 11.2 Å². The van der Waals surface area contributed by atoms with Crippen LogP contribution in [0.5, 0.6) is 0 Å². The zero-order valence-corrected chi connectivity index (χ0v) is 11.4. The van der Waals surface area contributed by atoms with Crippen LogP contribution in [0.3, 0.4) is 0 Å². The fourth-order valence-corrected chi connectivity index (χ4v) is 2.60. The predicted octanol–water partition coefficient (Wildman–Crippen LogP) is 2.28. The first-order valence-electron chi connectivity index (χ1n) is 6.77. The van der Waals surface area contributed by atoms with Crippen molar-refractivity contribution in [1.29, 1.82) is 0 Å². The van der Waals surface area contributed by atoms with Crippen molar-refractivity contribution >= 4 is 11.2 Å². The standard InChI is InChI=1S/C15H17N5/c1-2-13(11-5-8-17-9-6-11)20-14(10-16)19-12-4-3-7-18-15(12)20/h3-9,13H,2,10,16H2,1H3. The van der Waals surface area contributed by atoms with E-state index in [1.54, 1.807) is 6.20 Å². The molecule has 5 heteroatoms. The maximum Gasteiger partial charge on any atom is 0.160 e. The van der Waals surface area contributed by atoms with Crippen molar-refractivity contribution in [3.63, 3.8) is 0 Å². The van der Waals surface area contributed by atoms with Crippen molar-refractivity contribution in [2.45, 2.75) is 25.9 Å². The van der Waals surface area contributed by atoms with Crippen molar-refractivity contribution in [2.75, 3.05) is 0 Å². The monoisotopic (exact) mass is 267 g/mol. The van der Waals surface area contributed by atoms with Crippen LogP contribution in [-0.4, -0.2) is 19.5 Å². The van der Waals surface area contributed by atoms with Gasteiger partial charge in [-0.25, -0.2) is 9.97 Å². The molecular weight excluding hydrogens is 250 g/mol. The van der Waals surface area contributed by atoms with E-state index in [2.05, 4.69) is 26.4 Å². The minimum absolute atomic E-state index is 0.177. The molecule has 3 aromatic rings. The van der Waals surface area contributed by atoms with Gasteiger partial charge in [-0.3, -0.25) is 4.98 Å². The smallest absolute Gasteiger partial charge is 0.160 e. The minimum Gasteiger partial charge on any atom is -0.324 e. The molecular formula is C15H17N5. The molecule has 0 saturated heterocycles. The van der Waals surface area contributed by atoms with Gasteiger partial charge < -0.3 is 10.3 Å². The Kier molecular flexibility index (Phi) is 3.43. The first-order chi connectivity index (χ1) is 9.85. The molecule has 20 heavy (non-hydrogen) atoms. The fourth-order valence-electron chi connectivity index (χ4n) is 2.60. The number of imidazole rings is 1. The van der Waals surface area contributed by atoms with Gasteiger partial charge in [0.2, 0.25) is 0 Å². The molecule has 0 fully saturated rings. The number of rotatable bonds is 4. The largest absolute Gasteiger partial charge is 0.324 e. The van der Waals surface area contributed by atoms with Crippen LogP contribution in [0, 0.1) is 0 Å². The maximum atomic E-state index is 5.86. The molecule has 1 unspecified atom stereocenters. The lowest BCUT2D eigenvalue weighted by molar-refractivity contribution is 0.552. The highest BCUT2D eigenvalue weighted by atomic mass is 15.2. The molecule has 3 heterocycles. The second kappa shape index (κ2) is 5.38. The van der Waals surface area contributed by atoms with Gasteiger partial charge in [-0.2, -0.15) is 0 Å². The summed E-state index contributed by atoms with van der Waals surface area (Å²) in [5, 5.41) is 0. The number of hydrogen-bond acceptors (Lipinski definition) is 4. The van der Waals surface area contributed by atoms with Gasteiger partial charge in [0.15, 0.2) is 5.65 Å². The number of pyridine rings is 2. The van der Waals surface area contributed by atoms with Crippen molar-refractivity contribution < 1.29 is 0 Å². The van der Waals surface area contributed by atoms with E-state index in [-0.39, 0.29) is 6.04 Å². The summed E-state index contributed by atoms with van der Waals surface area (Å²) in [5.41, 5.74) is 8.83. The molecule has 2 N–H and O–H groups in total. The molecule has 0 spiro atoms. The van der Waals surface area contributed by atoms with E-state index < -0.39 is 0 Å². The van der Waals surface area contributed by atoms with Gasteiger partial charge in [0.1, 0.15) is 11.3 Å². The fraction of sp³-hybridized carbons (Fsp3) is 0.267. The number of nitrogens with zero attached hydrogens (tertiary/aromatic N) is 4. The molecule has 0 radical (unpaired) electrons. The molecule has 0 saturated carbocycles. The Morgan fingerprint density at radius 1 is 1.20 bits per heavy atom. The maximum absolute atomic E-state index is 5.86. The first-order valence-corrected chi connectivity index (χ1v) is 6.77. The second-order valence-electron chi connectivity index (χ2n) is 4.65. The number of nitrogens with two attached hydrogens (primary N) is 1. The molecule has 0 aliphatic rings. The Bertz CT molecular complexity index is 705. The van der Waals surface area contributed by atoms with E-state index in [1.807, 2.05) is 36.7 Å². The third-order valence-electron chi connectivity index (χ3n) is 3.49. The van der Waals surface area contributed by atoms with Crippen LogP contribution in [0.1, 0.15) is 30.8 Å². The average molecular weight is 267 g/mol. The van der Waals surface area contributed by atoms with E-state index in [0.717, 1.165) is 23.4 Å². The van der Waals surface area contributed by atoms with Crippen LogP contribution in [0.4, 0.5) is 0 Å². The van der Waals surface area contributed by atoms with Crippen molar-refractivity contribution in [1.82, 2.24) is 19.5 Å². The Balaban J connectivity index is 2.21. The van der Waals surface area contributed by atoms with Crippen molar-refractivity contribution in [2.24, 2.45) is 5.73 Å². The summed E-state index contributed by atoms with van der Waals surface area (Å²) < 4.78 is 2.14. The number of aromatic nitrogens is 4. The van der Waals surface area contributed by atoms with E-state index >= 15 is 0 Å². The van der Waals surface area contributed by atoms with Crippen LogP contribution in [0.15, 0.2) is 42.9 Å². The summed E-state index contributed by atoms with van der Waals surface area (Å²) in [6, 6.07) is 8.10. The van der Waals surface area contributed by atoms with E-state index in [0.29, 0.717) is 6.54 Å². The van der Waals surface area contributed by atoms with Gasteiger partial charge in [0, 0.05) is 18.6 Å². The van der Waals surface area contributed by atoms with Crippen LogP contribution in [0.2, 0.25) is 0 Å². The summed E-state index contributed by atoms with van der Waals surface area (Å²) in [6.07, 6.45) is 6.36. The summed E-state index contributed by atoms with van der Waals surface area (Å²) >= 11 is 0. The van der Waals surface area contributed by atoms with Gasteiger partial charge >= 0.3 is 0 Å². The van der Waals surface area contributed by atoms with Gasteiger partial charge in [-0.1, -0.05) is 6.92 Å². The molecule has 0 aromatic carbocycles. The Morgan fingerprint density at radius 3 is 2.70 bits per heavy atom. The summed E-state index contributed by atoms with van der Waals surface area (Å²) in [5.74, 6) is 0.863. The van der Waals surface area contributed by atoms with Crippen molar-refractivity contribution in [3.05, 3.63) is 54.2 Å². The Labute approximate surface area is 117 Å². The van der Waals surface area contributed by atoms with E-state index in [1.165, 1.54) is 5.56 Å². The van der Waals surface area contributed by atoms with E-state index in [9.17, 15) is 0 Å². The highest BCUT2D eigenvalue weighted by molar-refractivity contribution is 5.71. The van der Waals surface area contributed by atoms with Crippen molar-refractivity contribution in [3.8, 4) is 0 Å². The number of fused-ring (bicyclic) bond motifs is 1. The zero-order valence-electron chi connectivity index (χ0n) is 11.4. The topological polar surface area (TPSA) is 69.6 Å². The average Bonchev–Trinajstić information content (AvgIpc) is 2.88. The van der Waals surface area contributed by atoms with Crippen LogP contribution in [-0.2, 0) is 6.54 Å². The molecule has 5 nitrogen and oxygen atoms in total. The molecule has 3 rings (SSSR count). The van der Waals surface area contributed by atoms with Gasteiger partial charge in [0.25, 0.3) is 0 Å². The van der Waals surface area contributed by atoms with Crippen LogP contribution >= 0.6 is 0 Å². The van der Waals surface area contributed by atoms with Gasteiger partial charge in [-0.05, 0) is 36.2 Å². The molecule has 0 bridgehead atoms. The third kappa shape index (κ3) is 2.06. The molecule has 3 aromatic heterocycles. The first kappa shape index (κ1) is 12.7. The molecule has 102 valence electrons. The summed E-state index contributed by atoms with van der Waals surface area (Å²) in [4.78, 5) is 13.1. The number of hydrogen-bond donors (Lipinski definition) is 1. The molecule has 0 aliphatic heterocycles. The highest BCUT2D eigenvalue weighted by Crippen LogP contribution is 2.27. The molecule has 1 atom stereocenters. The normalized spacial score (nSPS) is 12.7. The lowest BCUT2D eigenvalue weighted by Gasteiger charge is -2.19. The predicted molar refractivity (Wildman–Crippen MR) is 78.1 cm³/mol. The van der Waals surface area contributed by atoms with Gasteiger partial charge in [0.05, 0.1) is 12.6 Å². The third-order valence-corrected chi connectivity index (χ3v) is 3.49.